The Labute approximate surface area is 103 Å². The highest BCUT2D eigenvalue weighted by atomic mass is 16.5. The minimum atomic E-state index is 0.315. The average molecular weight is 238 g/mol. The molecule has 5 nitrogen and oxygen atoms in total. The van der Waals surface area contributed by atoms with E-state index < -0.39 is 0 Å². The Balaban J connectivity index is 1.77. The third-order valence-electron chi connectivity index (χ3n) is 2.98. The van der Waals surface area contributed by atoms with Crippen LogP contribution in [-0.4, -0.2) is 54.1 Å². The van der Waals surface area contributed by atoms with Gasteiger partial charge < -0.3 is 10.1 Å². The van der Waals surface area contributed by atoms with Gasteiger partial charge in [-0.05, 0) is 14.0 Å². The van der Waals surface area contributed by atoms with E-state index in [1.807, 2.05) is 10.9 Å². The Hall–Kier alpha value is -0.910. The molecule has 17 heavy (non-hydrogen) atoms. The molecule has 1 aliphatic heterocycles. The maximum Gasteiger partial charge on any atom is 0.0826 e. The van der Waals surface area contributed by atoms with Crippen molar-refractivity contribution < 1.29 is 4.74 Å². The van der Waals surface area contributed by atoms with Gasteiger partial charge in [-0.3, -0.25) is 9.58 Å². The summed E-state index contributed by atoms with van der Waals surface area (Å²) in [6.07, 6.45) is 4.37. The molecule has 5 heteroatoms. The monoisotopic (exact) mass is 238 g/mol. The zero-order chi connectivity index (χ0) is 12.1. The summed E-state index contributed by atoms with van der Waals surface area (Å²) in [4.78, 5) is 2.29. The van der Waals surface area contributed by atoms with Crippen molar-refractivity contribution in [2.45, 2.75) is 26.1 Å². The van der Waals surface area contributed by atoms with Crippen LogP contribution in [0.25, 0.3) is 0 Å². The highest BCUT2D eigenvalue weighted by Crippen LogP contribution is 2.05. The van der Waals surface area contributed by atoms with Gasteiger partial charge in [0.05, 0.1) is 18.9 Å². The van der Waals surface area contributed by atoms with Crippen LogP contribution in [-0.2, 0) is 17.8 Å². The summed E-state index contributed by atoms with van der Waals surface area (Å²) in [5, 5.41) is 7.63. The molecule has 1 aromatic heterocycles. The standard InChI is InChI=1S/C12H22N4O/c1-3-16-9-11(6-14-16)8-15(2)10-12-7-13-4-5-17-12/h6,9,12-13H,3-5,7-8,10H2,1-2H3. The molecule has 1 aliphatic rings. The number of ether oxygens (including phenoxy) is 1. The zero-order valence-corrected chi connectivity index (χ0v) is 10.7. The van der Waals surface area contributed by atoms with E-state index in [4.69, 9.17) is 4.74 Å². The van der Waals surface area contributed by atoms with E-state index in [0.717, 1.165) is 39.3 Å². The first-order valence-corrected chi connectivity index (χ1v) is 6.30. The summed E-state index contributed by atoms with van der Waals surface area (Å²) in [6.45, 7) is 7.68. The number of nitrogens with zero attached hydrogens (tertiary/aromatic N) is 3. The highest BCUT2D eigenvalue weighted by Gasteiger charge is 2.15. The molecule has 1 aromatic rings. The predicted octanol–water partition coefficient (Wildman–Crippen LogP) is 0.323. The van der Waals surface area contributed by atoms with Crippen molar-refractivity contribution in [3.63, 3.8) is 0 Å². The van der Waals surface area contributed by atoms with E-state index in [1.165, 1.54) is 5.56 Å². The van der Waals surface area contributed by atoms with E-state index >= 15 is 0 Å². The summed E-state index contributed by atoms with van der Waals surface area (Å²) >= 11 is 0. The number of aromatic nitrogens is 2. The Kier molecular flexibility index (Phi) is 4.53. The smallest absolute Gasteiger partial charge is 0.0826 e. The van der Waals surface area contributed by atoms with Crippen LogP contribution in [0.1, 0.15) is 12.5 Å². The largest absolute Gasteiger partial charge is 0.374 e. The molecule has 1 atom stereocenters. The van der Waals surface area contributed by atoms with Gasteiger partial charge >= 0.3 is 0 Å². The number of nitrogens with one attached hydrogen (secondary N) is 1. The Morgan fingerprint density at radius 3 is 3.18 bits per heavy atom. The molecule has 96 valence electrons. The van der Waals surface area contributed by atoms with Gasteiger partial charge in [0, 0.05) is 44.5 Å². The van der Waals surface area contributed by atoms with Gasteiger partial charge in [-0.2, -0.15) is 5.10 Å². The van der Waals surface area contributed by atoms with Crippen LogP contribution in [0, 0.1) is 0 Å². The van der Waals surface area contributed by atoms with Crippen LogP contribution >= 0.6 is 0 Å². The number of rotatable bonds is 5. The van der Waals surface area contributed by atoms with E-state index in [2.05, 4.69) is 35.5 Å². The van der Waals surface area contributed by atoms with Crippen LogP contribution in [0.3, 0.4) is 0 Å². The first-order valence-electron chi connectivity index (χ1n) is 6.30. The molecule has 0 aromatic carbocycles. The molecule has 0 amide bonds. The van der Waals surface area contributed by atoms with Crippen molar-refractivity contribution in [3.8, 4) is 0 Å². The van der Waals surface area contributed by atoms with E-state index in [-0.39, 0.29) is 0 Å². The van der Waals surface area contributed by atoms with Crippen LogP contribution in [0.15, 0.2) is 12.4 Å². The second kappa shape index (κ2) is 6.14. The van der Waals surface area contributed by atoms with Gasteiger partial charge in [0.1, 0.15) is 0 Å². The summed E-state index contributed by atoms with van der Waals surface area (Å²) in [5.74, 6) is 0. The summed E-state index contributed by atoms with van der Waals surface area (Å²) < 4.78 is 7.65. The number of morpholine rings is 1. The molecular weight excluding hydrogens is 216 g/mol. The maximum atomic E-state index is 5.69. The lowest BCUT2D eigenvalue weighted by atomic mass is 10.2. The second-order valence-corrected chi connectivity index (χ2v) is 4.60. The van der Waals surface area contributed by atoms with E-state index in [0.29, 0.717) is 6.10 Å². The van der Waals surface area contributed by atoms with Crippen molar-refractivity contribution in [2.24, 2.45) is 0 Å². The Morgan fingerprint density at radius 1 is 1.65 bits per heavy atom. The fourth-order valence-electron chi connectivity index (χ4n) is 2.12. The predicted molar refractivity (Wildman–Crippen MR) is 66.8 cm³/mol. The fourth-order valence-corrected chi connectivity index (χ4v) is 2.12. The van der Waals surface area contributed by atoms with Crippen molar-refractivity contribution in [1.29, 1.82) is 0 Å². The minimum absolute atomic E-state index is 0.315. The maximum absolute atomic E-state index is 5.69. The molecule has 0 saturated carbocycles. The van der Waals surface area contributed by atoms with E-state index in [1.54, 1.807) is 0 Å². The van der Waals surface area contributed by atoms with Gasteiger partial charge in [0.25, 0.3) is 0 Å². The SMILES string of the molecule is CCn1cc(CN(C)CC2CNCCO2)cn1. The first kappa shape index (κ1) is 12.5. The molecule has 1 fully saturated rings. The average Bonchev–Trinajstić information content (AvgIpc) is 2.78. The molecule has 0 bridgehead atoms. The van der Waals surface area contributed by atoms with Crippen molar-refractivity contribution in [1.82, 2.24) is 20.0 Å². The van der Waals surface area contributed by atoms with Crippen LogP contribution in [0.2, 0.25) is 0 Å². The number of likely N-dealkylation sites (N-methyl/N-ethyl adjacent to an activating group) is 1. The van der Waals surface area contributed by atoms with Crippen LogP contribution in [0.5, 0.6) is 0 Å². The quantitative estimate of drug-likeness (QED) is 0.802. The third-order valence-corrected chi connectivity index (χ3v) is 2.98. The van der Waals surface area contributed by atoms with Crippen molar-refractivity contribution in [2.75, 3.05) is 33.3 Å². The lowest BCUT2D eigenvalue weighted by Crippen LogP contribution is -2.44. The van der Waals surface area contributed by atoms with Crippen molar-refractivity contribution in [3.05, 3.63) is 18.0 Å². The Morgan fingerprint density at radius 2 is 2.53 bits per heavy atom. The highest BCUT2D eigenvalue weighted by molar-refractivity contribution is 5.03. The first-order chi connectivity index (χ1) is 8.28. The summed E-state index contributed by atoms with van der Waals surface area (Å²) in [5.41, 5.74) is 1.26. The topological polar surface area (TPSA) is 42.3 Å². The van der Waals surface area contributed by atoms with E-state index in [9.17, 15) is 0 Å². The molecule has 1 N–H and O–H groups in total. The van der Waals surface area contributed by atoms with Gasteiger partial charge in [-0.1, -0.05) is 0 Å². The molecule has 1 unspecified atom stereocenters. The second-order valence-electron chi connectivity index (χ2n) is 4.60. The normalized spacial score (nSPS) is 21.0. The van der Waals surface area contributed by atoms with Gasteiger partial charge in [0.15, 0.2) is 0 Å². The summed E-state index contributed by atoms with van der Waals surface area (Å²) in [6, 6.07) is 0. The van der Waals surface area contributed by atoms with Gasteiger partial charge in [0.2, 0.25) is 0 Å². The molecule has 0 spiro atoms. The minimum Gasteiger partial charge on any atom is -0.374 e. The molecular formula is C12H22N4O. The lowest BCUT2D eigenvalue weighted by Gasteiger charge is -2.27. The third kappa shape index (κ3) is 3.80. The van der Waals surface area contributed by atoms with Gasteiger partial charge in [-0.25, -0.2) is 0 Å². The molecule has 0 radical (unpaired) electrons. The molecule has 2 heterocycles. The number of hydrogen-bond donors (Lipinski definition) is 1. The van der Waals surface area contributed by atoms with Gasteiger partial charge in [-0.15, -0.1) is 0 Å². The zero-order valence-electron chi connectivity index (χ0n) is 10.7. The fraction of sp³-hybridized carbons (Fsp3) is 0.750. The van der Waals surface area contributed by atoms with Crippen molar-refractivity contribution >= 4 is 0 Å². The molecule has 1 saturated heterocycles. The number of hydrogen-bond acceptors (Lipinski definition) is 4. The lowest BCUT2D eigenvalue weighted by molar-refractivity contribution is 0.00884. The van der Waals surface area contributed by atoms with Crippen LogP contribution < -0.4 is 5.32 Å². The Bertz CT molecular complexity index is 333. The molecule has 0 aliphatic carbocycles. The number of aryl methyl sites for hydroxylation is 1. The van der Waals surface area contributed by atoms with Crippen LogP contribution in [0.4, 0.5) is 0 Å². The molecule has 2 rings (SSSR count). The summed E-state index contributed by atoms with van der Waals surface area (Å²) in [7, 11) is 2.13.